The smallest absolute Gasteiger partial charge is 0.126 e. The fraction of sp³-hybridized carbons (Fsp3) is 0.167. The highest BCUT2D eigenvalue weighted by Crippen LogP contribution is 2.21. The first-order chi connectivity index (χ1) is 8.16. The molecule has 0 saturated carbocycles. The van der Waals surface area contributed by atoms with Crippen LogP contribution in [0.5, 0.6) is 0 Å². The van der Waals surface area contributed by atoms with Crippen LogP contribution < -0.4 is 11.1 Å². The molecule has 1 atom stereocenters. The van der Waals surface area contributed by atoms with E-state index in [2.05, 4.69) is 28.7 Å². The van der Waals surface area contributed by atoms with E-state index < -0.39 is 0 Å². The molecule has 0 aliphatic heterocycles. The Morgan fingerprint density at radius 3 is 2.82 bits per heavy atom. The van der Waals surface area contributed by atoms with E-state index in [1.54, 1.807) is 17.5 Å². The Labute approximate surface area is 110 Å². The third-order valence-corrected chi connectivity index (χ3v) is 3.67. The molecule has 0 radical (unpaired) electrons. The van der Waals surface area contributed by atoms with E-state index in [4.69, 9.17) is 18.0 Å². The van der Waals surface area contributed by atoms with E-state index in [9.17, 15) is 0 Å². The number of rotatable bonds is 4. The Kier molecular flexibility index (Phi) is 3.71. The number of aromatic nitrogens is 1. The summed E-state index contributed by atoms with van der Waals surface area (Å²) < 4.78 is 0. The summed E-state index contributed by atoms with van der Waals surface area (Å²) in [5.74, 6) is 0.825. The van der Waals surface area contributed by atoms with Gasteiger partial charge in [0, 0.05) is 16.6 Å². The van der Waals surface area contributed by atoms with Crippen LogP contribution in [0.25, 0.3) is 0 Å². The number of thiophene rings is 1. The molecule has 2 aromatic rings. The molecule has 2 heterocycles. The molecule has 0 aromatic carbocycles. The maximum Gasteiger partial charge on any atom is 0.126 e. The largest absolute Gasteiger partial charge is 0.389 e. The minimum Gasteiger partial charge on any atom is -0.389 e. The van der Waals surface area contributed by atoms with Gasteiger partial charge in [-0.15, -0.1) is 11.3 Å². The molecular formula is C12H13N3S2. The lowest BCUT2D eigenvalue weighted by Crippen LogP contribution is -2.11. The second-order valence-electron chi connectivity index (χ2n) is 3.68. The van der Waals surface area contributed by atoms with Crippen LogP contribution in [0, 0.1) is 0 Å². The van der Waals surface area contributed by atoms with Crippen molar-refractivity contribution in [3.63, 3.8) is 0 Å². The Morgan fingerprint density at radius 1 is 1.47 bits per heavy atom. The van der Waals surface area contributed by atoms with Gasteiger partial charge in [0.25, 0.3) is 0 Å². The number of anilines is 1. The number of hydrogen-bond donors (Lipinski definition) is 2. The highest BCUT2D eigenvalue weighted by atomic mass is 32.1. The first-order valence-electron chi connectivity index (χ1n) is 5.22. The SMILES string of the molecule is CC(Nc1ccc(C(N)=S)cn1)c1cccs1. The summed E-state index contributed by atoms with van der Waals surface area (Å²) in [4.78, 5) is 5.93. The van der Waals surface area contributed by atoms with Gasteiger partial charge < -0.3 is 11.1 Å². The summed E-state index contributed by atoms with van der Waals surface area (Å²) in [6, 6.07) is 8.16. The van der Waals surface area contributed by atoms with Gasteiger partial charge in [-0.1, -0.05) is 18.3 Å². The van der Waals surface area contributed by atoms with Crippen molar-refractivity contribution >= 4 is 34.4 Å². The maximum atomic E-state index is 5.51. The molecule has 2 rings (SSSR count). The third-order valence-electron chi connectivity index (χ3n) is 2.38. The van der Waals surface area contributed by atoms with Crippen LogP contribution in [-0.4, -0.2) is 9.97 Å². The molecule has 0 aliphatic rings. The van der Waals surface area contributed by atoms with Gasteiger partial charge >= 0.3 is 0 Å². The van der Waals surface area contributed by atoms with Crippen molar-refractivity contribution in [1.29, 1.82) is 0 Å². The number of pyridine rings is 1. The lowest BCUT2D eigenvalue weighted by atomic mass is 10.2. The van der Waals surface area contributed by atoms with Crippen molar-refractivity contribution in [1.82, 2.24) is 4.98 Å². The van der Waals surface area contributed by atoms with E-state index in [-0.39, 0.29) is 6.04 Å². The van der Waals surface area contributed by atoms with Crippen LogP contribution in [-0.2, 0) is 0 Å². The molecule has 2 aromatic heterocycles. The predicted octanol–water partition coefficient (Wildman–Crippen LogP) is 2.95. The van der Waals surface area contributed by atoms with E-state index >= 15 is 0 Å². The molecular weight excluding hydrogens is 250 g/mol. The molecule has 0 saturated heterocycles. The molecule has 0 aliphatic carbocycles. The Morgan fingerprint density at radius 2 is 2.29 bits per heavy atom. The second kappa shape index (κ2) is 5.25. The molecule has 0 spiro atoms. The van der Waals surface area contributed by atoms with E-state index in [1.807, 2.05) is 18.2 Å². The normalized spacial score (nSPS) is 12.1. The van der Waals surface area contributed by atoms with E-state index in [0.29, 0.717) is 4.99 Å². The van der Waals surface area contributed by atoms with Gasteiger partial charge in [0.1, 0.15) is 10.8 Å². The quantitative estimate of drug-likeness (QED) is 0.833. The molecule has 17 heavy (non-hydrogen) atoms. The van der Waals surface area contributed by atoms with Crippen molar-refractivity contribution in [2.75, 3.05) is 5.32 Å². The van der Waals surface area contributed by atoms with Gasteiger partial charge in [-0.05, 0) is 30.5 Å². The van der Waals surface area contributed by atoms with Crippen LogP contribution in [0.2, 0.25) is 0 Å². The Bertz CT molecular complexity index is 491. The zero-order valence-electron chi connectivity index (χ0n) is 9.38. The van der Waals surface area contributed by atoms with Gasteiger partial charge in [-0.2, -0.15) is 0 Å². The topological polar surface area (TPSA) is 50.9 Å². The minimum absolute atomic E-state index is 0.248. The van der Waals surface area contributed by atoms with E-state index in [0.717, 1.165) is 11.4 Å². The molecule has 0 amide bonds. The van der Waals surface area contributed by atoms with Crippen molar-refractivity contribution in [3.8, 4) is 0 Å². The second-order valence-corrected chi connectivity index (χ2v) is 5.10. The molecule has 3 nitrogen and oxygen atoms in total. The lowest BCUT2D eigenvalue weighted by Gasteiger charge is -2.12. The van der Waals surface area contributed by atoms with Gasteiger partial charge in [-0.25, -0.2) is 4.98 Å². The number of thiocarbonyl (C=S) groups is 1. The predicted molar refractivity (Wildman–Crippen MR) is 76.5 cm³/mol. The molecule has 3 N–H and O–H groups in total. The summed E-state index contributed by atoms with van der Waals surface area (Å²) in [6.45, 7) is 2.11. The summed E-state index contributed by atoms with van der Waals surface area (Å²) in [5.41, 5.74) is 6.30. The molecule has 0 fully saturated rings. The third kappa shape index (κ3) is 3.01. The highest BCUT2D eigenvalue weighted by molar-refractivity contribution is 7.80. The standard InChI is InChI=1S/C12H13N3S2/c1-8(10-3-2-6-17-10)15-11-5-4-9(7-14-11)12(13)16/h2-8H,1H3,(H2,13,16)(H,14,15). The van der Waals surface area contributed by atoms with Gasteiger partial charge in [0.05, 0.1) is 6.04 Å². The van der Waals surface area contributed by atoms with Crippen LogP contribution in [0.15, 0.2) is 35.8 Å². The zero-order chi connectivity index (χ0) is 12.3. The van der Waals surface area contributed by atoms with Crippen LogP contribution in [0.3, 0.4) is 0 Å². The van der Waals surface area contributed by atoms with Crippen molar-refractivity contribution in [2.45, 2.75) is 13.0 Å². The monoisotopic (exact) mass is 263 g/mol. The summed E-state index contributed by atoms with van der Waals surface area (Å²) >= 11 is 6.60. The molecule has 88 valence electrons. The number of nitrogens with zero attached hydrogens (tertiary/aromatic N) is 1. The fourth-order valence-electron chi connectivity index (χ4n) is 1.46. The average molecular weight is 263 g/mol. The molecule has 0 bridgehead atoms. The van der Waals surface area contributed by atoms with Gasteiger partial charge in [0.15, 0.2) is 0 Å². The fourth-order valence-corrected chi connectivity index (χ4v) is 2.31. The van der Waals surface area contributed by atoms with Crippen molar-refractivity contribution < 1.29 is 0 Å². The first kappa shape index (κ1) is 12.0. The Balaban J connectivity index is 2.06. The van der Waals surface area contributed by atoms with Crippen molar-refractivity contribution in [2.24, 2.45) is 5.73 Å². The Hall–Kier alpha value is -1.46. The van der Waals surface area contributed by atoms with Crippen LogP contribution >= 0.6 is 23.6 Å². The number of nitrogens with one attached hydrogen (secondary N) is 1. The van der Waals surface area contributed by atoms with Gasteiger partial charge in [-0.3, -0.25) is 0 Å². The number of nitrogens with two attached hydrogens (primary N) is 1. The summed E-state index contributed by atoms with van der Waals surface area (Å²) in [6.07, 6.45) is 1.69. The van der Waals surface area contributed by atoms with E-state index in [1.165, 1.54) is 4.88 Å². The number of hydrogen-bond acceptors (Lipinski definition) is 4. The van der Waals surface area contributed by atoms with Crippen molar-refractivity contribution in [3.05, 3.63) is 46.3 Å². The lowest BCUT2D eigenvalue weighted by molar-refractivity contribution is 0.896. The summed E-state index contributed by atoms with van der Waals surface area (Å²) in [7, 11) is 0. The highest BCUT2D eigenvalue weighted by Gasteiger charge is 2.06. The van der Waals surface area contributed by atoms with Crippen LogP contribution in [0.1, 0.15) is 23.4 Å². The van der Waals surface area contributed by atoms with Crippen LogP contribution in [0.4, 0.5) is 5.82 Å². The summed E-state index contributed by atoms with van der Waals surface area (Å²) in [5, 5.41) is 5.39. The molecule has 1 unspecified atom stereocenters. The maximum absolute atomic E-state index is 5.51. The zero-order valence-corrected chi connectivity index (χ0v) is 11.0. The van der Waals surface area contributed by atoms with Gasteiger partial charge in [0.2, 0.25) is 0 Å². The first-order valence-corrected chi connectivity index (χ1v) is 6.51. The minimum atomic E-state index is 0.248. The molecule has 5 heteroatoms. The average Bonchev–Trinajstić information content (AvgIpc) is 2.83.